The quantitative estimate of drug-likeness (QED) is 0.638. The molecule has 0 spiro atoms. The van der Waals surface area contributed by atoms with Crippen LogP contribution in [0.25, 0.3) is 0 Å². The Kier molecular flexibility index (Phi) is 4.62. The van der Waals surface area contributed by atoms with Crippen molar-refractivity contribution in [2.24, 2.45) is 0 Å². The molecule has 0 aromatic rings. The predicted octanol–water partition coefficient (Wildman–Crippen LogP) is 1.94. The second-order valence-electron chi connectivity index (χ2n) is 3.86. The van der Waals surface area contributed by atoms with Crippen LogP contribution >= 0.6 is 0 Å². The summed E-state index contributed by atoms with van der Waals surface area (Å²) in [5.74, 6) is 0. The summed E-state index contributed by atoms with van der Waals surface area (Å²) < 4.78 is 5.47. The highest BCUT2D eigenvalue weighted by Gasteiger charge is 2.12. The molecule has 0 aliphatic carbocycles. The summed E-state index contributed by atoms with van der Waals surface area (Å²) in [5, 5.41) is 3.49. The van der Waals surface area contributed by atoms with E-state index in [4.69, 9.17) is 4.74 Å². The lowest BCUT2D eigenvalue weighted by Gasteiger charge is -2.11. The van der Waals surface area contributed by atoms with E-state index in [0.717, 1.165) is 12.6 Å². The van der Waals surface area contributed by atoms with Crippen molar-refractivity contribution in [3.63, 3.8) is 0 Å². The Morgan fingerprint density at radius 3 is 2.92 bits per heavy atom. The van der Waals surface area contributed by atoms with Crippen LogP contribution in [0.2, 0.25) is 0 Å². The molecule has 1 rings (SSSR count). The first-order chi connectivity index (χ1) is 5.79. The van der Waals surface area contributed by atoms with Crippen LogP contribution in [0.3, 0.4) is 0 Å². The first-order valence-electron chi connectivity index (χ1n) is 5.14. The van der Waals surface area contributed by atoms with Crippen molar-refractivity contribution in [3.8, 4) is 0 Å². The van der Waals surface area contributed by atoms with Crippen LogP contribution in [0.1, 0.15) is 39.5 Å². The van der Waals surface area contributed by atoms with Gasteiger partial charge in [0.05, 0.1) is 6.10 Å². The van der Waals surface area contributed by atoms with Gasteiger partial charge in [-0.05, 0) is 46.1 Å². The third-order valence-electron chi connectivity index (χ3n) is 2.31. The van der Waals surface area contributed by atoms with Gasteiger partial charge < -0.3 is 10.1 Å². The molecule has 0 aromatic carbocycles. The van der Waals surface area contributed by atoms with Crippen LogP contribution < -0.4 is 5.32 Å². The molecule has 0 amide bonds. The number of hydrogen-bond acceptors (Lipinski definition) is 2. The van der Waals surface area contributed by atoms with Gasteiger partial charge >= 0.3 is 0 Å². The Hall–Kier alpha value is -0.0800. The minimum atomic E-state index is 0.390. The van der Waals surface area contributed by atoms with Crippen LogP contribution in [-0.4, -0.2) is 25.3 Å². The summed E-state index contributed by atoms with van der Waals surface area (Å²) in [6.45, 7) is 6.33. The number of ether oxygens (including phenoxy) is 1. The van der Waals surface area contributed by atoms with Crippen molar-refractivity contribution < 1.29 is 4.74 Å². The Balaban J connectivity index is 1.88. The van der Waals surface area contributed by atoms with Crippen LogP contribution in [0.15, 0.2) is 0 Å². The topological polar surface area (TPSA) is 21.3 Å². The Bertz CT molecular complexity index is 108. The molecule has 1 heterocycles. The monoisotopic (exact) mass is 171 g/mol. The average Bonchev–Trinajstić information content (AvgIpc) is 2.49. The normalized spacial score (nSPS) is 23.8. The van der Waals surface area contributed by atoms with E-state index in [1.807, 2.05) is 0 Å². The second kappa shape index (κ2) is 5.55. The molecule has 0 radical (unpaired) electrons. The van der Waals surface area contributed by atoms with Crippen LogP contribution in [0, 0.1) is 0 Å². The van der Waals surface area contributed by atoms with E-state index >= 15 is 0 Å². The van der Waals surface area contributed by atoms with Crippen molar-refractivity contribution >= 4 is 0 Å². The van der Waals surface area contributed by atoms with E-state index in [1.165, 1.54) is 32.2 Å². The highest BCUT2D eigenvalue weighted by atomic mass is 16.5. The summed E-state index contributed by atoms with van der Waals surface area (Å²) in [6.07, 6.45) is 5.60. The van der Waals surface area contributed by atoms with Gasteiger partial charge in [0.15, 0.2) is 0 Å². The molecule has 0 aromatic heterocycles. The second-order valence-corrected chi connectivity index (χ2v) is 3.86. The zero-order chi connectivity index (χ0) is 8.81. The molecule has 1 saturated heterocycles. The lowest BCUT2D eigenvalue weighted by molar-refractivity contribution is 0.0748. The molecule has 2 nitrogen and oxygen atoms in total. The molecule has 1 atom stereocenters. The van der Waals surface area contributed by atoms with Gasteiger partial charge in [-0.25, -0.2) is 0 Å². The van der Waals surface area contributed by atoms with Gasteiger partial charge in [-0.15, -0.1) is 0 Å². The molecule has 1 N–H and O–H groups in total. The largest absolute Gasteiger partial charge is 0.379 e. The summed E-state index contributed by atoms with van der Waals surface area (Å²) in [5.41, 5.74) is 0. The van der Waals surface area contributed by atoms with Gasteiger partial charge in [0.2, 0.25) is 0 Å². The van der Waals surface area contributed by atoms with Gasteiger partial charge in [-0.3, -0.25) is 0 Å². The molecule has 1 fully saturated rings. The SMILES string of the molecule is CC(C)OCCC[C@@H]1CCCN1. The van der Waals surface area contributed by atoms with Crippen molar-refractivity contribution in [2.75, 3.05) is 13.2 Å². The van der Waals surface area contributed by atoms with E-state index in [1.54, 1.807) is 0 Å². The highest BCUT2D eigenvalue weighted by Crippen LogP contribution is 2.10. The van der Waals surface area contributed by atoms with Crippen LogP contribution in [0.5, 0.6) is 0 Å². The van der Waals surface area contributed by atoms with Gasteiger partial charge in [0.25, 0.3) is 0 Å². The molecule has 72 valence electrons. The van der Waals surface area contributed by atoms with E-state index < -0.39 is 0 Å². The van der Waals surface area contributed by atoms with Crippen LogP contribution in [0.4, 0.5) is 0 Å². The fraction of sp³-hybridized carbons (Fsp3) is 1.00. The fourth-order valence-corrected chi connectivity index (χ4v) is 1.65. The minimum absolute atomic E-state index is 0.390. The first-order valence-corrected chi connectivity index (χ1v) is 5.14. The fourth-order valence-electron chi connectivity index (χ4n) is 1.65. The maximum atomic E-state index is 5.47. The lowest BCUT2D eigenvalue weighted by atomic mass is 10.1. The lowest BCUT2D eigenvalue weighted by Crippen LogP contribution is -2.21. The molecule has 1 aliphatic heterocycles. The van der Waals surface area contributed by atoms with Crippen molar-refractivity contribution in [3.05, 3.63) is 0 Å². The van der Waals surface area contributed by atoms with Crippen molar-refractivity contribution in [1.82, 2.24) is 5.32 Å². The van der Waals surface area contributed by atoms with E-state index in [2.05, 4.69) is 19.2 Å². The summed E-state index contributed by atoms with van der Waals surface area (Å²) >= 11 is 0. The molecular formula is C10H21NO. The molecule has 0 unspecified atom stereocenters. The smallest absolute Gasteiger partial charge is 0.0518 e. The first kappa shape index (κ1) is 10.0. The van der Waals surface area contributed by atoms with E-state index in [0.29, 0.717) is 6.10 Å². The summed E-state index contributed by atoms with van der Waals surface area (Å²) in [7, 11) is 0. The van der Waals surface area contributed by atoms with Crippen molar-refractivity contribution in [2.45, 2.75) is 51.7 Å². The third-order valence-corrected chi connectivity index (χ3v) is 2.31. The Labute approximate surface area is 75.7 Å². The Morgan fingerprint density at radius 2 is 2.33 bits per heavy atom. The van der Waals surface area contributed by atoms with Gasteiger partial charge in [-0.1, -0.05) is 0 Å². The van der Waals surface area contributed by atoms with Crippen LogP contribution in [-0.2, 0) is 4.74 Å². The maximum Gasteiger partial charge on any atom is 0.0518 e. The Morgan fingerprint density at radius 1 is 1.50 bits per heavy atom. The number of rotatable bonds is 5. The van der Waals surface area contributed by atoms with Gasteiger partial charge in [0, 0.05) is 12.6 Å². The molecule has 1 aliphatic rings. The minimum Gasteiger partial charge on any atom is -0.379 e. The summed E-state index contributed by atoms with van der Waals surface area (Å²) in [6, 6.07) is 0.778. The molecule has 2 heteroatoms. The summed E-state index contributed by atoms with van der Waals surface area (Å²) in [4.78, 5) is 0. The van der Waals surface area contributed by atoms with E-state index in [-0.39, 0.29) is 0 Å². The average molecular weight is 171 g/mol. The molecule has 12 heavy (non-hydrogen) atoms. The standard InChI is InChI=1S/C10H21NO/c1-9(2)12-8-4-6-10-5-3-7-11-10/h9-11H,3-8H2,1-2H3/t10-/m0/s1. The van der Waals surface area contributed by atoms with Gasteiger partial charge in [-0.2, -0.15) is 0 Å². The molecular weight excluding hydrogens is 150 g/mol. The van der Waals surface area contributed by atoms with Gasteiger partial charge in [0.1, 0.15) is 0 Å². The predicted molar refractivity (Wildman–Crippen MR) is 51.3 cm³/mol. The zero-order valence-electron chi connectivity index (χ0n) is 8.31. The maximum absolute atomic E-state index is 5.47. The number of nitrogens with one attached hydrogen (secondary N) is 1. The highest BCUT2D eigenvalue weighted by molar-refractivity contribution is 4.73. The van der Waals surface area contributed by atoms with E-state index in [9.17, 15) is 0 Å². The third kappa shape index (κ3) is 4.07. The number of hydrogen-bond donors (Lipinski definition) is 1. The zero-order valence-corrected chi connectivity index (χ0v) is 8.31. The molecule has 0 saturated carbocycles. The molecule has 0 bridgehead atoms. The van der Waals surface area contributed by atoms with Crippen molar-refractivity contribution in [1.29, 1.82) is 0 Å².